The molecule has 2 N–H and O–H groups in total. The number of esters is 4. The predicted molar refractivity (Wildman–Crippen MR) is 98.0 cm³/mol. The Bertz CT molecular complexity index is 666. The van der Waals surface area contributed by atoms with Gasteiger partial charge in [0.05, 0.1) is 6.61 Å². The van der Waals surface area contributed by atoms with Crippen molar-refractivity contribution >= 4 is 29.8 Å². The monoisotopic (exact) mass is 449 g/mol. The van der Waals surface area contributed by atoms with Crippen molar-refractivity contribution in [1.29, 1.82) is 0 Å². The van der Waals surface area contributed by atoms with Crippen molar-refractivity contribution in [1.82, 2.24) is 5.32 Å². The van der Waals surface area contributed by atoms with Crippen LogP contribution in [0.3, 0.4) is 0 Å². The van der Waals surface area contributed by atoms with Gasteiger partial charge in [0, 0.05) is 20.8 Å². The molecular weight excluding hydrogens is 422 g/mol. The summed E-state index contributed by atoms with van der Waals surface area (Å²) < 4.78 is 30.5. The van der Waals surface area contributed by atoms with Crippen LogP contribution in [0.15, 0.2) is 0 Å². The maximum Gasteiger partial charge on any atom is 0.325 e. The van der Waals surface area contributed by atoms with Gasteiger partial charge < -0.3 is 38.8 Å². The van der Waals surface area contributed by atoms with Crippen LogP contribution in [0.4, 0.5) is 0 Å². The molecule has 176 valence electrons. The Hall–Kier alpha value is -2.77. The summed E-state index contributed by atoms with van der Waals surface area (Å²) in [5, 5.41) is 12.8. The Morgan fingerprint density at radius 2 is 1.55 bits per heavy atom. The summed E-state index contributed by atoms with van der Waals surface area (Å²) in [6, 6.07) is 0. The molecule has 0 radical (unpaired) electrons. The summed E-state index contributed by atoms with van der Waals surface area (Å²) in [5.74, 6) is -3.57. The first-order valence-electron chi connectivity index (χ1n) is 9.40. The van der Waals surface area contributed by atoms with Crippen molar-refractivity contribution < 1.29 is 57.5 Å². The van der Waals surface area contributed by atoms with Gasteiger partial charge in [0.2, 0.25) is 5.91 Å². The molecule has 0 aromatic heterocycles. The third kappa shape index (κ3) is 9.27. The van der Waals surface area contributed by atoms with E-state index < -0.39 is 73.7 Å². The second-order valence-electron chi connectivity index (χ2n) is 6.38. The maximum absolute atomic E-state index is 11.9. The van der Waals surface area contributed by atoms with E-state index in [0.29, 0.717) is 0 Å². The number of ether oxygens (including phenoxy) is 6. The number of rotatable bonds is 10. The van der Waals surface area contributed by atoms with E-state index in [0.717, 1.165) is 20.8 Å². The number of carbonyl (C=O) groups is 5. The van der Waals surface area contributed by atoms with E-state index in [1.165, 1.54) is 0 Å². The molecule has 0 aliphatic carbocycles. The third-order valence-corrected chi connectivity index (χ3v) is 3.78. The molecule has 1 rings (SSSR count). The quantitative estimate of drug-likeness (QED) is 0.283. The molecule has 1 heterocycles. The summed E-state index contributed by atoms with van der Waals surface area (Å²) in [6.07, 6.45) is -7.07. The zero-order chi connectivity index (χ0) is 23.6. The van der Waals surface area contributed by atoms with Gasteiger partial charge in [0.1, 0.15) is 32.0 Å². The predicted octanol–water partition coefficient (Wildman–Crippen LogP) is -1.81. The number of aliphatic hydroxyl groups excluding tert-OH is 1. The van der Waals surface area contributed by atoms with Crippen LogP contribution in [0, 0.1) is 0 Å². The molecule has 1 aliphatic heterocycles. The minimum absolute atomic E-state index is 0.151. The molecule has 13 heteroatoms. The lowest BCUT2D eigenvalue weighted by molar-refractivity contribution is -0.304. The zero-order valence-electron chi connectivity index (χ0n) is 17.7. The van der Waals surface area contributed by atoms with Crippen LogP contribution in [-0.4, -0.2) is 92.0 Å². The highest BCUT2D eigenvalue weighted by Crippen LogP contribution is 2.27. The molecule has 0 bridgehead atoms. The fourth-order valence-electron chi connectivity index (χ4n) is 2.62. The molecule has 0 aromatic carbocycles. The highest BCUT2D eigenvalue weighted by atomic mass is 16.7. The Labute approximate surface area is 178 Å². The molecular formula is C18H27NO12. The summed E-state index contributed by atoms with van der Waals surface area (Å²) >= 11 is 0. The molecule has 1 amide bonds. The van der Waals surface area contributed by atoms with Gasteiger partial charge in [-0.2, -0.15) is 0 Å². The van der Waals surface area contributed by atoms with Crippen LogP contribution in [0.2, 0.25) is 0 Å². The summed E-state index contributed by atoms with van der Waals surface area (Å²) in [4.78, 5) is 57.3. The van der Waals surface area contributed by atoms with Crippen molar-refractivity contribution in [2.45, 2.75) is 58.4 Å². The van der Waals surface area contributed by atoms with E-state index in [1.54, 1.807) is 6.92 Å². The lowest BCUT2D eigenvalue weighted by Crippen LogP contribution is -2.62. The van der Waals surface area contributed by atoms with Crippen LogP contribution in [-0.2, 0) is 52.4 Å². The van der Waals surface area contributed by atoms with Gasteiger partial charge in [-0.1, -0.05) is 0 Å². The first-order chi connectivity index (χ1) is 14.5. The fourth-order valence-corrected chi connectivity index (χ4v) is 2.62. The SMILES string of the molecule is CCOC(=O)CNC(=O)CO[C@H]1O[C@H](COC(C)=O)[C@@H](OC(C)=O)[C@H](OC(C)=O)[C@H]1O. The number of hydrogen-bond donors (Lipinski definition) is 2. The van der Waals surface area contributed by atoms with Gasteiger partial charge in [-0.05, 0) is 6.92 Å². The number of amides is 1. The molecule has 0 saturated carbocycles. The van der Waals surface area contributed by atoms with E-state index >= 15 is 0 Å². The second-order valence-corrected chi connectivity index (χ2v) is 6.38. The number of carbonyl (C=O) groups excluding carboxylic acids is 5. The van der Waals surface area contributed by atoms with Crippen molar-refractivity contribution in [3.8, 4) is 0 Å². The van der Waals surface area contributed by atoms with E-state index in [2.05, 4.69) is 10.1 Å². The number of nitrogens with one attached hydrogen (secondary N) is 1. The topological polar surface area (TPSA) is 173 Å². The standard InChI is InChI=1S/C18H27NO12/c1-5-26-14(24)6-19-13(23)8-28-18-15(25)17(30-11(4)22)16(29-10(3)21)12(31-18)7-27-9(2)20/h12,15-18,25H,5-8H2,1-4H3,(H,19,23)/t12-,15-,16-,17-,18+/m1/s1. The van der Waals surface area contributed by atoms with E-state index in [1.807, 2.05) is 0 Å². The third-order valence-electron chi connectivity index (χ3n) is 3.78. The first kappa shape index (κ1) is 26.3. The molecule has 31 heavy (non-hydrogen) atoms. The number of aliphatic hydroxyl groups is 1. The van der Waals surface area contributed by atoms with Crippen molar-refractivity contribution in [2.75, 3.05) is 26.4 Å². The summed E-state index contributed by atoms with van der Waals surface area (Å²) in [7, 11) is 0. The molecule has 1 fully saturated rings. The molecule has 0 aromatic rings. The van der Waals surface area contributed by atoms with Crippen LogP contribution in [0.25, 0.3) is 0 Å². The van der Waals surface area contributed by atoms with Gasteiger partial charge in [-0.15, -0.1) is 0 Å². The maximum atomic E-state index is 11.9. The summed E-state index contributed by atoms with van der Waals surface area (Å²) in [6.45, 7) is 3.65. The molecule has 5 atom stereocenters. The fraction of sp³-hybridized carbons (Fsp3) is 0.722. The largest absolute Gasteiger partial charge is 0.465 e. The molecule has 13 nitrogen and oxygen atoms in total. The minimum atomic E-state index is -1.65. The lowest BCUT2D eigenvalue weighted by Gasteiger charge is -2.42. The Kier molecular flexibility index (Phi) is 10.9. The highest BCUT2D eigenvalue weighted by molar-refractivity contribution is 5.82. The summed E-state index contributed by atoms with van der Waals surface area (Å²) in [5.41, 5.74) is 0. The minimum Gasteiger partial charge on any atom is -0.465 e. The van der Waals surface area contributed by atoms with Crippen LogP contribution < -0.4 is 5.32 Å². The van der Waals surface area contributed by atoms with Crippen LogP contribution >= 0.6 is 0 Å². The van der Waals surface area contributed by atoms with Crippen LogP contribution in [0.5, 0.6) is 0 Å². The smallest absolute Gasteiger partial charge is 0.325 e. The Morgan fingerprint density at radius 1 is 0.935 bits per heavy atom. The molecule has 1 saturated heterocycles. The normalized spacial score (nSPS) is 25.1. The second kappa shape index (κ2) is 12.8. The van der Waals surface area contributed by atoms with E-state index in [9.17, 15) is 29.1 Å². The Morgan fingerprint density at radius 3 is 2.10 bits per heavy atom. The van der Waals surface area contributed by atoms with Gasteiger partial charge in [0.25, 0.3) is 0 Å². The first-order valence-corrected chi connectivity index (χ1v) is 9.40. The lowest BCUT2D eigenvalue weighted by atomic mass is 9.98. The average molecular weight is 449 g/mol. The van der Waals surface area contributed by atoms with Gasteiger partial charge in [-0.3, -0.25) is 24.0 Å². The molecule has 0 unspecified atom stereocenters. The van der Waals surface area contributed by atoms with Gasteiger partial charge in [0.15, 0.2) is 18.5 Å². The average Bonchev–Trinajstić information content (AvgIpc) is 2.67. The van der Waals surface area contributed by atoms with Crippen LogP contribution in [0.1, 0.15) is 27.7 Å². The van der Waals surface area contributed by atoms with Crippen molar-refractivity contribution in [2.24, 2.45) is 0 Å². The molecule has 0 spiro atoms. The van der Waals surface area contributed by atoms with Crippen molar-refractivity contribution in [3.05, 3.63) is 0 Å². The number of hydrogen-bond acceptors (Lipinski definition) is 12. The zero-order valence-corrected chi connectivity index (χ0v) is 17.7. The van der Waals surface area contributed by atoms with Gasteiger partial charge >= 0.3 is 23.9 Å². The van der Waals surface area contributed by atoms with Gasteiger partial charge in [-0.25, -0.2) is 0 Å². The highest BCUT2D eigenvalue weighted by Gasteiger charge is 2.50. The van der Waals surface area contributed by atoms with Crippen molar-refractivity contribution in [3.63, 3.8) is 0 Å². The molecule has 1 aliphatic rings. The van der Waals surface area contributed by atoms with E-state index in [4.69, 9.17) is 23.7 Å². The van der Waals surface area contributed by atoms with E-state index in [-0.39, 0.29) is 13.2 Å². The Balaban J connectivity index is 2.87.